The van der Waals surface area contributed by atoms with Gasteiger partial charge in [-0.2, -0.15) is 10.2 Å². The predicted molar refractivity (Wildman–Crippen MR) is 282 cm³/mol. The molecule has 6 aliphatic heterocycles. The fourth-order valence-corrected chi connectivity index (χ4v) is 12.2. The molecular formula is C50H67BN12O7S2. The molecule has 19 nitrogen and oxygen atoms in total. The molecule has 0 spiro atoms. The highest BCUT2D eigenvalue weighted by Crippen LogP contribution is 2.30. The van der Waals surface area contributed by atoms with Crippen LogP contribution in [-0.2, 0) is 24.0 Å². The monoisotopic (exact) mass is 1020 g/mol. The van der Waals surface area contributed by atoms with E-state index in [0.717, 1.165) is 130 Å². The number of anilines is 2. The number of thioether (sulfide) groups is 2. The lowest BCUT2D eigenvalue weighted by atomic mass is 9.84. The number of aldehydes is 1. The lowest BCUT2D eigenvalue weighted by Gasteiger charge is -2.38. The van der Waals surface area contributed by atoms with Crippen molar-refractivity contribution in [2.24, 2.45) is 0 Å². The predicted octanol–water partition coefficient (Wildman–Crippen LogP) is 2.76. The molecule has 0 unspecified atom stereocenters. The van der Waals surface area contributed by atoms with E-state index in [9.17, 15) is 33.8 Å². The van der Waals surface area contributed by atoms with Crippen molar-refractivity contribution in [2.45, 2.75) is 65.5 Å². The standard InChI is InChI=1S/C24H32N6O2S.C16H21BN4O2.C10H14N2O3S/c1-18-14-23(30(25-18)20-6-4-3-5-7-20)27-10-8-26(9-11-27)21-15-22(29(16-21)19(2)31)24(32)28-12-13-33-17-28;1-13-15(12-22)16(19-8-10-20(11-9-19)17(2)23)21(18-13)14-6-4-3-5-7-14;1-7(13)12-5-8(14)4-9(12)10(15)11-2-3-16-6-11/h3-7,14,21-22H,8-13,15-17H2,1-2H3;3-7,12,23H,8-11H2,1-2H3;9H,2-6H2,1H3/t21-,22-;;9-/m0.0/s1. The summed E-state index contributed by atoms with van der Waals surface area (Å²) in [5.41, 5.74) is 4.38. The Hall–Kier alpha value is -5.68. The zero-order chi connectivity index (χ0) is 51.1. The summed E-state index contributed by atoms with van der Waals surface area (Å²) in [6.07, 6.45) is 1.80. The van der Waals surface area contributed by atoms with Crippen molar-refractivity contribution in [3.8, 4) is 11.4 Å². The number of Topliss-reactive ketones (excluding diaryl/α,β-unsaturated/α-hetero) is 1. The number of para-hydroxylation sites is 2. The quantitative estimate of drug-likeness (QED) is 0.191. The number of hydrogen-bond donors (Lipinski definition) is 1. The van der Waals surface area contributed by atoms with Crippen molar-refractivity contribution < 1.29 is 33.8 Å². The third-order valence-corrected chi connectivity index (χ3v) is 16.2. The number of aromatic nitrogens is 4. The van der Waals surface area contributed by atoms with Gasteiger partial charge < -0.3 is 39.2 Å². The van der Waals surface area contributed by atoms with E-state index in [1.165, 1.54) is 11.8 Å². The van der Waals surface area contributed by atoms with Gasteiger partial charge in [-0.15, -0.1) is 23.5 Å². The van der Waals surface area contributed by atoms with Crippen LogP contribution in [0.4, 0.5) is 11.6 Å². The number of carbonyl (C=O) groups excluding carboxylic acids is 6. The van der Waals surface area contributed by atoms with Crippen molar-refractivity contribution >= 4 is 77.9 Å². The topological polar surface area (TPSA) is 184 Å². The second-order valence-corrected chi connectivity index (χ2v) is 21.2. The minimum absolute atomic E-state index is 0.00331. The molecule has 2 aromatic carbocycles. The number of hydrogen-bond acceptors (Lipinski definition) is 15. The van der Waals surface area contributed by atoms with Gasteiger partial charge in [0.25, 0.3) is 0 Å². The molecule has 10 rings (SSSR count). The number of nitrogens with zero attached hydrogens (tertiary/aromatic N) is 12. The van der Waals surface area contributed by atoms with Crippen LogP contribution in [0.3, 0.4) is 0 Å². The Morgan fingerprint density at radius 3 is 1.79 bits per heavy atom. The Bertz CT molecular complexity index is 2540. The van der Waals surface area contributed by atoms with Gasteiger partial charge in [0.05, 0.1) is 46.6 Å². The molecule has 6 fully saturated rings. The van der Waals surface area contributed by atoms with Gasteiger partial charge in [-0.25, -0.2) is 9.36 Å². The molecule has 4 amide bonds. The smallest absolute Gasteiger partial charge is 0.376 e. The summed E-state index contributed by atoms with van der Waals surface area (Å²) in [5, 5.41) is 19.0. The van der Waals surface area contributed by atoms with Gasteiger partial charge in [-0.05, 0) is 51.4 Å². The molecule has 0 bridgehead atoms. The minimum Gasteiger partial charge on any atom is -0.437 e. The van der Waals surface area contributed by atoms with Gasteiger partial charge in [-0.1, -0.05) is 36.4 Å². The van der Waals surface area contributed by atoms with Gasteiger partial charge in [0, 0.05) is 116 Å². The Morgan fingerprint density at radius 1 is 0.708 bits per heavy atom. The van der Waals surface area contributed by atoms with Crippen LogP contribution in [0, 0.1) is 13.8 Å². The summed E-state index contributed by atoms with van der Waals surface area (Å²) < 4.78 is 3.87. The van der Waals surface area contributed by atoms with Crippen LogP contribution in [0.5, 0.6) is 0 Å². The van der Waals surface area contributed by atoms with E-state index in [1.54, 1.807) is 47.1 Å². The van der Waals surface area contributed by atoms with Crippen molar-refractivity contribution in [1.82, 2.24) is 48.9 Å². The highest BCUT2D eigenvalue weighted by molar-refractivity contribution is 7.99. The zero-order valence-electron chi connectivity index (χ0n) is 42.0. The third-order valence-electron chi connectivity index (χ3n) is 14.2. The first-order valence-electron chi connectivity index (χ1n) is 24.9. The Kier molecular flexibility index (Phi) is 17.5. The molecule has 22 heteroatoms. The number of aryl methyl sites for hydroxylation is 2. The number of likely N-dealkylation sites (tertiary alicyclic amines) is 2. The van der Waals surface area contributed by atoms with Crippen LogP contribution in [0.1, 0.15) is 48.4 Å². The summed E-state index contributed by atoms with van der Waals surface area (Å²) in [4.78, 5) is 87.6. The van der Waals surface area contributed by atoms with E-state index >= 15 is 0 Å². The minimum atomic E-state index is -0.552. The van der Waals surface area contributed by atoms with Gasteiger partial charge in [0.1, 0.15) is 23.7 Å². The van der Waals surface area contributed by atoms with Crippen molar-refractivity contribution in [3.05, 3.63) is 83.7 Å². The molecule has 1 N–H and O–H groups in total. The van der Waals surface area contributed by atoms with Crippen molar-refractivity contribution in [3.63, 3.8) is 0 Å². The molecule has 8 heterocycles. The van der Waals surface area contributed by atoms with E-state index in [0.29, 0.717) is 18.0 Å². The van der Waals surface area contributed by atoms with Crippen LogP contribution in [0.15, 0.2) is 66.7 Å². The fourth-order valence-electron chi connectivity index (χ4n) is 10.3. The number of amides is 4. The van der Waals surface area contributed by atoms with Crippen LogP contribution < -0.4 is 9.80 Å². The summed E-state index contributed by atoms with van der Waals surface area (Å²) in [6.45, 7) is 17.6. The third kappa shape index (κ3) is 12.0. The number of rotatable bonds is 9. The highest BCUT2D eigenvalue weighted by Gasteiger charge is 2.44. The van der Waals surface area contributed by atoms with Gasteiger partial charge in [-0.3, -0.25) is 33.7 Å². The molecule has 72 heavy (non-hydrogen) atoms. The second-order valence-electron chi connectivity index (χ2n) is 19.0. The van der Waals surface area contributed by atoms with Crippen molar-refractivity contribution in [1.29, 1.82) is 0 Å². The Balaban J connectivity index is 0.000000155. The average Bonchev–Trinajstić information content (AvgIpc) is 4.27. The van der Waals surface area contributed by atoms with Gasteiger partial charge in [0.2, 0.25) is 23.6 Å². The molecule has 0 saturated carbocycles. The fraction of sp³-hybridized carbons (Fsp3) is 0.520. The van der Waals surface area contributed by atoms with E-state index in [4.69, 9.17) is 5.10 Å². The van der Waals surface area contributed by atoms with Crippen LogP contribution in [0.2, 0.25) is 6.82 Å². The molecule has 6 aliphatic rings. The highest BCUT2D eigenvalue weighted by atomic mass is 32.2. The maximum atomic E-state index is 13.1. The van der Waals surface area contributed by atoms with Crippen molar-refractivity contribution in [2.75, 3.05) is 112 Å². The molecule has 0 aliphatic carbocycles. The van der Waals surface area contributed by atoms with Crippen LogP contribution >= 0.6 is 23.5 Å². The largest absolute Gasteiger partial charge is 0.437 e. The Labute approximate surface area is 430 Å². The molecule has 6 saturated heterocycles. The molecule has 4 aromatic rings. The number of piperazine rings is 2. The number of carbonyl (C=O) groups is 6. The first kappa shape index (κ1) is 52.6. The summed E-state index contributed by atoms with van der Waals surface area (Å²) >= 11 is 3.48. The van der Waals surface area contributed by atoms with Crippen LogP contribution in [-0.4, -0.2) is 217 Å². The molecular weight excluding hydrogens is 956 g/mol. The maximum Gasteiger partial charge on any atom is 0.376 e. The summed E-state index contributed by atoms with van der Waals surface area (Å²) in [6, 6.07) is 21.6. The lowest BCUT2D eigenvalue weighted by molar-refractivity contribution is -0.141. The van der Waals surface area contributed by atoms with E-state index in [1.807, 2.05) is 81.5 Å². The second kappa shape index (κ2) is 23.9. The van der Waals surface area contributed by atoms with E-state index < -0.39 is 13.1 Å². The zero-order valence-corrected chi connectivity index (χ0v) is 43.7. The van der Waals surface area contributed by atoms with E-state index in [-0.39, 0.29) is 54.5 Å². The normalized spacial score (nSPS) is 21.6. The molecule has 0 radical (unpaired) electrons. The lowest BCUT2D eigenvalue weighted by Crippen LogP contribution is -2.52. The maximum absolute atomic E-state index is 13.1. The first-order valence-corrected chi connectivity index (χ1v) is 27.2. The summed E-state index contributed by atoms with van der Waals surface area (Å²) in [7, 11) is -0.441. The summed E-state index contributed by atoms with van der Waals surface area (Å²) in [5.74, 6) is 5.14. The van der Waals surface area contributed by atoms with E-state index in [2.05, 4.69) is 38.0 Å². The average molecular weight is 1020 g/mol. The first-order chi connectivity index (χ1) is 34.7. The number of benzene rings is 2. The molecule has 3 atom stereocenters. The van der Waals surface area contributed by atoms with Gasteiger partial charge in [0.15, 0.2) is 12.1 Å². The SMILES string of the molecule is CB(O)N1CCN(c2c(C=O)c(C)nn2-c2ccccc2)CC1.CC(=O)N1CC(=O)C[C@H]1C(=O)N1CCSC1.CC(=O)N1C[C@@H](N2CCN(c3cc(C)nn3-c3ccccc3)CC2)C[C@H]1C(=O)N1CCSC1. The Morgan fingerprint density at radius 2 is 1.26 bits per heavy atom. The van der Waals surface area contributed by atoms with Gasteiger partial charge >= 0.3 is 7.05 Å². The number of ketones is 1. The molecule has 384 valence electrons. The van der Waals surface area contributed by atoms with Crippen LogP contribution in [0.25, 0.3) is 11.4 Å². The molecule has 2 aromatic heterocycles.